The summed E-state index contributed by atoms with van der Waals surface area (Å²) >= 11 is 0. The second kappa shape index (κ2) is 8.82. The van der Waals surface area contributed by atoms with Crippen molar-refractivity contribution in [1.82, 2.24) is 5.32 Å². The van der Waals surface area contributed by atoms with Crippen molar-refractivity contribution in [2.75, 3.05) is 13.1 Å². The first-order valence-electron chi connectivity index (χ1n) is 8.87. The van der Waals surface area contributed by atoms with Gasteiger partial charge in [-0.3, -0.25) is 9.79 Å². The number of carbonyl (C=O) groups excluding carboxylic acids is 1. The van der Waals surface area contributed by atoms with Crippen LogP contribution >= 0.6 is 0 Å². The molecule has 1 aliphatic heterocycles. The lowest BCUT2D eigenvalue weighted by molar-refractivity contribution is 0.0953. The van der Waals surface area contributed by atoms with Crippen molar-refractivity contribution in [1.29, 1.82) is 0 Å². The zero-order chi connectivity index (χ0) is 18.2. The zero-order valence-electron chi connectivity index (χ0n) is 15.0. The summed E-state index contributed by atoms with van der Waals surface area (Å²) in [7, 11) is 0. The third-order valence-corrected chi connectivity index (χ3v) is 4.26. The van der Waals surface area contributed by atoms with E-state index in [0.717, 1.165) is 36.1 Å². The molecular formula is C23H22N2O. The van der Waals surface area contributed by atoms with Gasteiger partial charge in [-0.05, 0) is 55.2 Å². The summed E-state index contributed by atoms with van der Waals surface area (Å²) in [5, 5.41) is 2.98. The van der Waals surface area contributed by atoms with E-state index < -0.39 is 0 Å². The van der Waals surface area contributed by atoms with E-state index in [2.05, 4.69) is 28.2 Å². The van der Waals surface area contributed by atoms with Crippen molar-refractivity contribution in [3.8, 4) is 11.8 Å². The first-order valence-corrected chi connectivity index (χ1v) is 8.87. The van der Waals surface area contributed by atoms with Crippen molar-refractivity contribution >= 4 is 12.1 Å². The number of aliphatic imine (C=N–C) groups is 1. The Balaban J connectivity index is 1.60. The molecule has 3 heteroatoms. The van der Waals surface area contributed by atoms with Crippen molar-refractivity contribution in [3.63, 3.8) is 0 Å². The first-order chi connectivity index (χ1) is 12.7. The molecule has 0 aromatic heterocycles. The summed E-state index contributed by atoms with van der Waals surface area (Å²) in [6.45, 7) is 3.45. The molecule has 0 spiro atoms. The molecule has 130 valence electrons. The van der Waals surface area contributed by atoms with Crippen LogP contribution < -0.4 is 5.32 Å². The Kier molecular flexibility index (Phi) is 6.01. The lowest BCUT2D eigenvalue weighted by Crippen LogP contribution is -2.24. The van der Waals surface area contributed by atoms with Gasteiger partial charge in [0.1, 0.15) is 0 Å². The predicted octanol–water partition coefficient (Wildman–Crippen LogP) is 3.92. The van der Waals surface area contributed by atoms with Crippen LogP contribution in [0, 0.1) is 18.8 Å². The van der Waals surface area contributed by atoms with E-state index >= 15 is 0 Å². The maximum atomic E-state index is 12.4. The van der Waals surface area contributed by atoms with Crippen molar-refractivity contribution in [2.24, 2.45) is 4.99 Å². The minimum absolute atomic E-state index is 0.0539. The van der Waals surface area contributed by atoms with E-state index in [0.29, 0.717) is 12.1 Å². The number of hydrogen-bond donors (Lipinski definition) is 1. The van der Waals surface area contributed by atoms with Crippen LogP contribution in [0.3, 0.4) is 0 Å². The SMILES string of the molecule is Cc1ccc(C(=O)NCCCC2=CCN=C2)cc1C#Cc1ccccc1. The third-order valence-electron chi connectivity index (χ3n) is 4.26. The van der Waals surface area contributed by atoms with Crippen LogP contribution in [0.15, 0.2) is 65.2 Å². The molecule has 2 aromatic rings. The summed E-state index contributed by atoms with van der Waals surface area (Å²) in [5.41, 5.74) is 4.82. The molecule has 0 bridgehead atoms. The Morgan fingerprint density at radius 2 is 2.00 bits per heavy atom. The van der Waals surface area contributed by atoms with Crippen LogP contribution in [0.25, 0.3) is 0 Å². The Hall–Kier alpha value is -3.12. The van der Waals surface area contributed by atoms with Gasteiger partial charge in [0.2, 0.25) is 0 Å². The van der Waals surface area contributed by atoms with Crippen LogP contribution in [-0.4, -0.2) is 25.2 Å². The smallest absolute Gasteiger partial charge is 0.251 e. The maximum absolute atomic E-state index is 12.4. The van der Waals surface area contributed by atoms with E-state index in [9.17, 15) is 4.79 Å². The van der Waals surface area contributed by atoms with Gasteiger partial charge >= 0.3 is 0 Å². The van der Waals surface area contributed by atoms with Crippen LogP contribution in [0.2, 0.25) is 0 Å². The van der Waals surface area contributed by atoms with E-state index in [-0.39, 0.29) is 5.91 Å². The monoisotopic (exact) mass is 342 g/mol. The van der Waals surface area contributed by atoms with Gasteiger partial charge in [-0.1, -0.05) is 42.2 Å². The average molecular weight is 342 g/mol. The number of carbonyl (C=O) groups is 1. The quantitative estimate of drug-likeness (QED) is 0.649. The standard InChI is InChI=1S/C23H22N2O/c1-18-9-11-22(16-21(18)12-10-19-6-3-2-4-7-19)23(26)25-14-5-8-20-13-15-24-17-20/h2-4,6-7,9,11,13,16-17H,5,8,14-15H2,1H3,(H,25,26). The minimum Gasteiger partial charge on any atom is -0.352 e. The number of aryl methyl sites for hydroxylation is 1. The molecule has 26 heavy (non-hydrogen) atoms. The summed E-state index contributed by atoms with van der Waals surface area (Å²) in [6.07, 6.45) is 5.90. The fourth-order valence-electron chi connectivity index (χ4n) is 2.71. The van der Waals surface area contributed by atoms with Gasteiger partial charge in [0.25, 0.3) is 5.91 Å². The number of allylic oxidation sites excluding steroid dienone is 1. The summed E-state index contributed by atoms with van der Waals surface area (Å²) in [4.78, 5) is 16.5. The fraction of sp³-hybridized carbons (Fsp3) is 0.217. The first kappa shape index (κ1) is 17.7. The van der Waals surface area contributed by atoms with Crippen LogP contribution in [0.1, 0.15) is 39.9 Å². The van der Waals surface area contributed by atoms with Crippen molar-refractivity contribution in [2.45, 2.75) is 19.8 Å². The zero-order valence-corrected chi connectivity index (χ0v) is 15.0. The molecule has 0 atom stereocenters. The number of nitrogens with zero attached hydrogens (tertiary/aromatic N) is 1. The van der Waals surface area contributed by atoms with E-state index in [4.69, 9.17) is 0 Å². The largest absolute Gasteiger partial charge is 0.352 e. The van der Waals surface area contributed by atoms with E-state index in [1.54, 1.807) is 0 Å². The lowest BCUT2D eigenvalue weighted by atomic mass is 10.0. The van der Waals surface area contributed by atoms with Gasteiger partial charge in [0.15, 0.2) is 0 Å². The normalized spacial score (nSPS) is 12.3. The van der Waals surface area contributed by atoms with Crippen LogP contribution in [-0.2, 0) is 0 Å². The molecule has 0 saturated carbocycles. The molecular weight excluding hydrogens is 320 g/mol. The predicted molar refractivity (Wildman–Crippen MR) is 107 cm³/mol. The summed E-state index contributed by atoms with van der Waals surface area (Å²) < 4.78 is 0. The molecule has 0 saturated heterocycles. The van der Waals surface area contributed by atoms with E-state index in [1.165, 1.54) is 5.57 Å². The summed E-state index contributed by atoms with van der Waals surface area (Å²) in [6, 6.07) is 15.5. The molecule has 3 nitrogen and oxygen atoms in total. The average Bonchev–Trinajstić information content (AvgIpc) is 3.19. The molecule has 2 aromatic carbocycles. The molecule has 1 N–H and O–H groups in total. The highest BCUT2D eigenvalue weighted by Crippen LogP contribution is 2.11. The van der Waals surface area contributed by atoms with Gasteiger partial charge < -0.3 is 5.32 Å². The number of nitrogens with one attached hydrogen (secondary N) is 1. The van der Waals surface area contributed by atoms with Gasteiger partial charge in [-0.2, -0.15) is 0 Å². The Labute approximate surface area is 154 Å². The number of hydrogen-bond acceptors (Lipinski definition) is 2. The molecule has 1 amide bonds. The molecule has 0 unspecified atom stereocenters. The number of benzene rings is 2. The number of amides is 1. The fourth-order valence-corrected chi connectivity index (χ4v) is 2.71. The van der Waals surface area contributed by atoms with Gasteiger partial charge in [-0.15, -0.1) is 0 Å². The molecule has 0 aliphatic carbocycles. The van der Waals surface area contributed by atoms with E-state index in [1.807, 2.05) is 61.7 Å². The van der Waals surface area contributed by atoms with Crippen molar-refractivity contribution < 1.29 is 4.79 Å². The van der Waals surface area contributed by atoms with Gasteiger partial charge in [0, 0.05) is 29.4 Å². The Morgan fingerprint density at radius 1 is 1.15 bits per heavy atom. The highest BCUT2D eigenvalue weighted by molar-refractivity contribution is 5.94. The molecule has 1 aliphatic rings. The molecule has 3 rings (SSSR count). The van der Waals surface area contributed by atoms with Crippen LogP contribution in [0.5, 0.6) is 0 Å². The van der Waals surface area contributed by atoms with Crippen molar-refractivity contribution in [3.05, 3.63) is 82.4 Å². The summed E-state index contributed by atoms with van der Waals surface area (Å²) in [5.74, 6) is 6.27. The molecule has 0 fully saturated rings. The minimum atomic E-state index is -0.0539. The molecule has 1 heterocycles. The number of rotatable bonds is 5. The Morgan fingerprint density at radius 3 is 2.77 bits per heavy atom. The maximum Gasteiger partial charge on any atom is 0.251 e. The lowest BCUT2D eigenvalue weighted by Gasteiger charge is -2.07. The van der Waals surface area contributed by atoms with Gasteiger partial charge in [-0.25, -0.2) is 0 Å². The second-order valence-electron chi connectivity index (χ2n) is 6.28. The third kappa shape index (κ3) is 4.94. The highest BCUT2D eigenvalue weighted by atomic mass is 16.1. The van der Waals surface area contributed by atoms with Crippen LogP contribution in [0.4, 0.5) is 0 Å². The highest BCUT2D eigenvalue weighted by Gasteiger charge is 2.07. The second-order valence-corrected chi connectivity index (χ2v) is 6.28. The Bertz CT molecular complexity index is 899. The topological polar surface area (TPSA) is 41.5 Å². The van der Waals surface area contributed by atoms with Gasteiger partial charge in [0.05, 0.1) is 6.54 Å². The molecule has 0 radical (unpaired) electrons.